The minimum atomic E-state index is -0.880. The Morgan fingerprint density at radius 2 is 1.65 bits per heavy atom. The number of hydrogen-bond acceptors (Lipinski definition) is 6. The Bertz CT molecular complexity index is 1130. The van der Waals surface area contributed by atoms with Crippen molar-refractivity contribution in [3.8, 4) is 11.5 Å². The number of rotatable bonds is 3. The summed E-state index contributed by atoms with van der Waals surface area (Å²) in [6, 6.07) is 14.4. The Kier molecular flexibility index (Phi) is 4.99. The summed E-state index contributed by atoms with van der Waals surface area (Å²) in [5.41, 5.74) is 0.861. The van der Waals surface area contributed by atoms with Crippen molar-refractivity contribution in [2.45, 2.75) is 19.1 Å². The molecular formula is C23H22N2O6. The molecule has 2 amide bonds. The average Bonchev–Trinajstić information content (AvgIpc) is 3.17. The minimum absolute atomic E-state index is 0.0984. The van der Waals surface area contributed by atoms with Crippen LogP contribution in [0.5, 0.6) is 11.5 Å². The molecule has 0 radical (unpaired) electrons. The SMILES string of the molecule is CC1Oc2ccccc2OC1C(=O)Nc1c(C(=O)N2CCOCC2)oc2ccccc12. The van der Waals surface area contributed by atoms with E-state index in [9.17, 15) is 9.59 Å². The number of ether oxygens (including phenoxy) is 3. The van der Waals surface area contributed by atoms with Crippen molar-refractivity contribution >= 4 is 28.5 Å². The van der Waals surface area contributed by atoms with Crippen molar-refractivity contribution in [2.24, 2.45) is 0 Å². The van der Waals surface area contributed by atoms with Gasteiger partial charge < -0.3 is 28.8 Å². The molecule has 31 heavy (non-hydrogen) atoms. The molecule has 8 nitrogen and oxygen atoms in total. The number of carbonyl (C=O) groups is 2. The summed E-state index contributed by atoms with van der Waals surface area (Å²) in [6.07, 6.45) is -1.39. The van der Waals surface area contributed by atoms with Crippen LogP contribution in [0.25, 0.3) is 11.0 Å². The smallest absolute Gasteiger partial charge is 0.291 e. The van der Waals surface area contributed by atoms with Crippen LogP contribution in [0.4, 0.5) is 5.69 Å². The number of fused-ring (bicyclic) bond motifs is 2. The number of morpholine rings is 1. The van der Waals surface area contributed by atoms with Gasteiger partial charge in [0.15, 0.2) is 11.5 Å². The Labute approximate surface area is 178 Å². The van der Waals surface area contributed by atoms with Crippen molar-refractivity contribution in [2.75, 3.05) is 31.6 Å². The van der Waals surface area contributed by atoms with E-state index in [1.54, 1.807) is 30.0 Å². The van der Waals surface area contributed by atoms with Crippen LogP contribution in [-0.4, -0.2) is 55.2 Å². The van der Waals surface area contributed by atoms with Gasteiger partial charge in [0.05, 0.1) is 13.2 Å². The van der Waals surface area contributed by atoms with Crippen LogP contribution in [0, 0.1) is 0 Å². The van der Waals surface area contributed by atoms with Gasteiger partial charge in [-0.25, -0.2) is 0 Å². The molecule has 160 valence electrons. The van der Waals surface area contributed by atoms with E-state index < -0.39 is 18.1 Å². The van der Waals surface area contributed by atoms with E-state index >= 15 is 0 Å². The summed E-state index contributed by atoms with van der Waals surface area (Å²) in [7, 11) is 0. The van der Waals surface area contributed by atoms with Crippen LogP contribution in [0.15, 0.2) is 52.9 Å². The maximum absolute atomic E-state index is 13.2. The van der Waals surface area contributed by atoms with Crippen molar-refractivity contribution in [3.63, 3.8) is 0 Å². The molecule has 0 saturated carbocycles. The highest BCUT2D eigenvalue weighted by atomic mass is 16.6. The quantitative estimate of drug-likeness (QED) is 0.698. The largest absolute Gasteiger partial charge is 0.482 e. The van der Waals surface area contributed by atoms with E-state index in [-0.39, 0.29) is 11.7 Å². The maximum atomic E-state index is 13.2. The number of amides is 2. The summed E-state index contributed by atoms with van der Waals surface area (Å²) < 4.78 is 23.0. The molecule has 2 atom stereocenters. The molecule has 2 aliphatic rings. The molecular weight excluding hydrogens is 400 g/mol. The minimum Gasteiger partial charge on any atom is -0.482 e. The zero-order chi connectivity index (χ0) is 21.4. The molecule has 1 aromatic heterocycles. The molecule has 0 bridgehead atoms. The summed E-state index contributed by atoms with van der Waals surface area (Å²) in [5, 5.41) is 3.52. The Morgan fingerprint density at radius 1 is 0.968 bits per heavy atom. The van der Waals surface area contributed by atoms with Gasteiger partial charge in [0.2, 0.25) is 11.9 Å². The number of carbonyl (C=O) groups excluding carboxylic acids is 2. The highest BCUT2D eigenvalue weighted by Crippen LogP contribution is 2.35. The zero-order valence-electron chi connectivity index (χ0n) is 17.0. The predicted molar refractivity (Wildman–Crippen MR) is 113 cm³/mol. The lowest BCUT2D eigenvalue weighted by Crippen LogP contribution is -2.46. The highest BCUT2D eigenvalue weighted by Gasteiger charge is 2.36. The first-order chi connectivity index (χ1) is 15.1. The zero-order valence-corrected chi connectivity index (χ0v) is 17.0. The first kappa shape index (κ1) is 19.4. The molecule has 2 unspecified atom stereocenters. The van der Waals surface area contributed by atoms with Gasteiger partial charge in [0.25, 0.3) is 11.8 Å². The van der Waals surface area contributed by atoms with Crippen molar-refractivity contribution in [3.05, 3.63) is 54.3 Å². The molecule has 5 rings (SSSR count). The van der Waals surface area contributed by atoms with E-state index in [1.807, 2.05) is 30.3 Å². The van der Waals surface area contributed by atoms with Crippen LogP contribution in [0.1, 0.15) is 17.5 Å². The lowest BCUT2D eigenvalue weighted by molar-refractivity contribution is -0.128. The second-order valence-corrected chi connectivity index (χ2v) is 7.50. The molecule has 1 fully saturated rings. The van der Waals surface area contributed by atoms with Gasteiger partial charge in [0.1, 0.15) is 17.4 Å². The van der Waals surface area contributed by atoms with Gasteiger partial charge in [-0.2, -0.15) is 0 Å². The topological polar surface area (TPSA) is 90.2 Å². The van der Waals surface area contributed by atoms with E-state index in [0.717, 1.165) is 0 Å². The number of nitrogens with one attached hydrogen (secondary N) is 1. The normalized spacial score (nSPS) is 20.5. The molecule has 0 spiro atoms. The predicted octanol–water partition coefficient (Wildman–Crippen LogP) is 3.07. The number of benzene rings is 2. The summed E-state index contributed by atoms with van der Waals surface area (Å²) >= 11 is 0. The summed E-state index contributed by atoms with van der Waals surface area (Å²) in [5.74, 6) is 0.498. The van der Waals surface area contributed by atoms with E-state index in [4.69, 9.17) is 18.6 Å². The van der Waals surface area contributed by atoms with Crippen LogP contribution in [-0.2, 0) is 9.53 Å². The van der Waals surface area contributed by atoms with Gasteiger partial charge in [-0.3, -0.25) is 9.59 Å². The molecule has 2 aliphatic heterocycles. The van der Waals surface area contributed by atoms with E-state index in [0.29, 0.717) is 54.5 Å². The number of nitrogens with zero attached hydrogens (tertiary/aromatic N) is 1. The molecule has 3 aromatic rings. The highest BCUT2D eigenvalue weighted by molar-refractivity contribution is 6.11. The summed E-state index contributed by atoms with van der Waals surface area (Å²) in [6.45, 7) is 3.65. The fourth-order valence-electron chi connectivity index (χ4n) is 3.83. The number of anilines is 1. The van der Waals surface area contributed by atoms with E-state index in [1.165, 1.54) is 0 Å². The van der Waals surface area contributed by atoms with Gasteiger partial charge in [-0.05, 0) is 31.2 Å². The second kappa shape index (κ2) is 7.96. The third-order valence-corrected chi connectivity index (χ3v) is 5.44. The lowest BCUT2D eigenvalue weighted by atomic mass is 10.1. The van der Waals surface area contributed by atoms with Crippen molar-refractivity contribution in [1.82, 2.24) is 4.90 Å². The van der Waals surface area contributed by atoms with Gasteiger partial charge in [-0.15, -0.1) is 0 Å². The van der Waals surface area contributed by atoms with Crippen LogP contribution >= 0.6 is 0 Å². The monoisotopic (exact) mass is 422 g/mol. The first-order valence-electron chi connectivity index (χ1n) is 10.2. The average molecular weight is 422 g/mol. The Balaban J connectivity index is 1.45. The molecule has 1 N–H and O–H groups in total. The molecule has 8 heteroatoms. The third kappa shape index (κ3) is 3.59. The molecule has 0 aliphatic carbocycles. The number of hydrogen-bond donors (Lipinski definition) is 1. The van der Waals surface area contributed by atoms with Crippen LogP contribution in [0.2, 0.25) is 0 Å². The van der Waals surface area contributed by atoms with Crippen molar-refractivity contribution < 1.29 is 28.2 Å². The standard InChI is InChI=1S/C23H22N2O6/c1-14-20(31-18-9-5-4-8-17(18)29-14)22(26)24-19-15-6-2-3-7-16(15)30-21(19)23(27)25-10-12-28-13-11-25/h2-9,14,20H,10-13H2,1H3,(H,24,26). The van der Waals surface area contributed by atoms with Gasteiger partial charge in [-0.1, -0.05) is 24.3 Å². The second-order valence-electron chi connectivity index (χ2n) is 7.50. The van der Waals surface area contributed by atoms with E-state index in [2.05, 4.69) is 5.32 Å². The lowest BCUT2D eigenvalue weighted by Gasteiger charge is -2.31. The van der Waals surface area contributed by atoms with Crippen LogP contribution in [0.3, 0.4) is 0 Å². The van der Waals surface area contributed by atoms with Gasteiger partial charge >= 0.3 is 0 Å². The fourth-order valence-corrected chi connectivity index (χ4v) is 3.83. The number of para-hydroxylation sites is 3. The van der Waals surface area contributed by atoms with Gasteiger partial charge in [0, 0.05) is 18.5 Å². The maximum Gasteiger partial charge on any atom is 0.291 e. The number of furan rings is 1. The molecule has 2 aromatic carbocycles. The fraction of sp³-hybridized carbons (Fsp3) is 0.304. The van der Waals surface area contributed by atoms with Crippen molar-refractivity contribution in [1.29, 1.82) is 0 Å². The Morgan fingerprint density at radius 3 is 2.42 bits per heavy atom. The van der Waals surface area contributed by atoms with Crippen LogP contribution < -0.4 is 14.8 Å². The third-order valence-electron chi connectivity index (χ3n) is 5.44. The molecule has 1 saturated heterocycles. The molecule has 3 heterocycles. The summed E-state index contributed by atoms with van der Waals surface area (Å²) in [4.78, 5) is 28.0. The first-order valence-corrected chi connectivity index (χ1v) is 10.2. The Hall–Kier alpha value is -3.52.